The van der Waals surface area contributed by atoms with Crippen LogP contribution in [0.1, 0.15) is 39.5 Å². The first-order valence-corrected chi connectivity index (χ1v) is 10.4. The van der Waals surface area contributed by atoms with E-state index in [1.807, 2.05) is 15.9 Å². The van der Waals surface area contributed by atoms with Gasteiger partial charge in [-0.2, -0.15) is 0 Å². The maximum absolute atomic E-state index is 13.2. The molecule has 1 saturated heterocycles. The Hall–Kier alpha value is -2.44. The quantitative estimate of drug-likeness (QED) is 0.810. The van der Waals surface area contributed by atoms with Crippen molar-refractivity contribution in [2.75, 3.05) is 31.1 Å². The van der Waals surface area contributed by atoms with Gasteiger partial charge in [0.25, 0.3) is 5.56 Å². The average molecular weight is 383 g/mol. The minimum absolute atomic E-state index is 0.0650. The second-order valence-corrected chi connectivity index (χ2v) is 8.40. The van der Waals surface area contributed by atoms with Gasteiger partial charge in [-0.1, -0.05) is 26.7 Å². The Morgan fingerprint density at radius 2 is 1.89 bits per heavy atom. The van der Waals surface area contributed by atoms with E-state index < -0.39 is 0 Å². The summed E-state index contributed by atoms with van der Waals surface area (Å²) in [4.78, 5) is 38.7. The Labute approximate surface area is 165 Å². The number of carbonyl (C=O) groups excluding carboxylic acids is 1. The van der Waals surface area contributed by atoms with Crippen LogP contribution in [0.4, 0.5) is 5.82 Å². The highest BCUT2D eigenvalue weighted by atomic mass is 16.2. The summed E-state index contributed by atoms with van der Waals surface area (Å²) in [6.07, 6.45) is 7.82. The lowest BCUT2D eigenvalue weighted by Gasteiger charge is -2.36. The van der Waals surface area contributed by atoms with Gasteiger partial charge in [0, 0.05) is 44.8 Å². The monoisotopic (exact) mass is 383 g/mol. The van der Waals surface area contributed by atoms with Crippen LogP contribution in [0, 0.1) is 11.8 Å². The van der Waals surface area contributed by atoms with Gasteiger partial charge in [-0.05, 0) is 24.8 Å². The first kappa shape index (κ1) is 18.9. The molecule has 1 saturated carbocycles. The molecule has 0 unspecified atom stereocenters. The number of nitrogens with zero attached hydrogens (tertiary/aromatic N) is 5. The molecular formula is C21H29N5O2. The molecule has 150 valence electrons. The van der Waals surface area contributed by atoms with E-state index in [4.69, 9.17) is 0 Å². The number of hydrogen-bond donors (Lipinski definition) is 0. The smallest absolute Gasteiger partial charge is 0.294 e. The van der Waals surface area contributed by atoms with Gasteiger partial charge in [0.1, 0.15) is 0 Å². The summed E-state index contributed by atoms with van der Waals surface area (Å²) in [5, 5.41) is 0. The van der Waals surface area contributed by atoms with Crippen LogP contribution in [-0.4, -0.2) is 51.5 Å². The van der Waals surface area contributed by atoms with E-state index in [1.54, 1.807) is 17.0 Å². The SMILES string of the molecule is CC(C)Cn1c(=O)c(N2CCN(C(=O)C3CCCC3)CC2)nc2ccncc21. The fourth-order valence-electron chi connectivity index (χ4n) is 4.40. The molecule has 2 aromatic heterocycles. The van der Waals surface area contributed by atoms with Crippen molar-refractivity contribution in [2.45, 2.75) is 46.1 Å². The molecule has 0 aromatic carbocycles. The van der Waals surface area contributed by atoms with Gasteiger partial charge in [0.2, 0.25) is 5.91 Å². The zero-order chi connectivity index (χ0) is 19.7. The fraction of sp³-hybridized carbons (Fsp3) is 0.619. The zero-order valence-corrected chi connectivity index (χ0v) is 16.8. The van der Waals surface area contributed by atoms with Crippen molar-refractivity contribution in [3.8, 4) is 0 Å². The van der Waals surface area contributed by atoms with Gasteiger partial charge in [-0.15, -0.1) is 0 Å². The summed E-state index contributed by atoms with van der Waals surface area (Å²) in [5.74, 6) is 1.34. The average Bonchev–Trinajstić information content (AvgIpc) is 3.24. The van der Waals surface area contributed by atoms with Crippen LogP contribution in [0.3, 0.4) is 0 Å². The summed E-state index contributed by atoms with van der Waals surface area (Å²) in [5.41, 5.74) is 1.50. The fourth-order valence-corrected chi connectivity index (χ4v) is 4.40. The third kappa shape index (κ3) is 3.62. The van der Waals surface area contributed by atoms with Crippen molar-refractivity contribution in [1.29, 1.82) is 0 Å². The van der Waals surface area contributed by atoms with Crippen LogP contribution < -0.4 is 10.5 Å². The maximum Gasteiger partial charge on any atom is 0.294 e. The van der Waals surface area contributed by atoms with E-state index in [-0.39, 0.29) is 11.5 Å². The van der Waals surface area contributed by atoms with E-state index in [1.165, 1.54) is 12.8 Å². The number of piperazine rings is 1. The molecule has 7 nitrogen and oxygen atoms in total. The molecule has 2 fully saturated rings. The van der Waals surface area contributed by atoms with Crippen LogP contribution in [0.2, 0.25) is 0 Å². The van der Waals surface area contributed by atoms with Gasteiger partial charge >= 0.3 is 0 Å². The number of fused-ring (bicyclic) bond motifs is 1. The second-order valence-electron chi connectivity index (χ2n) is 8.40. The molecule has 7 heteroatoms. The summed E-state index contributed by atoms with van der Waals surface area (Å²) in [6, 6.07) is 1.86. The Morgan fingerprint density at radius 1 is 1.18 bits per heavy atom. The van der Waals surface area contributed by atoms with E-state index >= 15 is 0 Å². The van der Waals surface area contributed by atoms with Crippen LogP contribution >= 0.6 is 0 Å². The number of hydrogen-bond acceptors (Lipinski definition) is 5. The van der Waals surface area contributed by atoms with Crippen molar-refractivity contribution >= 4 is 22.8 Å². The minimum atomic E-state index is -0.0650. The van der Waals surface area contributed by atoms with Crippen molar-refractivity contribution in [1.82, 2.24) is 19.4 Å². The Morgan fingerprint density at radius 3 is 2.57 bits per heavy atom. The first-order valence-electron chi connectivity index (χ1n) is 10.4. The van der Waals surface area contributed by atoms with E-state index in [9.17, 15) is 9.59 Å². The first-order chi connectivity index (χ1) is 13.5. The van der Waals surface area contributed by atoms with Gasteiger partial charge in [0.15, 0.2) is 5.82 Å². The molecule has 1 aliphatic carbocycles. The largest absolute Gasteiger partial charge is 0.348 e. The van der Waals surface area contributed by atoms with E-state index in [2.05, 4.69) is 23.8 Å². The van der Waals surface area contributed by atoms with E-state index in [0.717, 1.165) is 23.9 Å². The van der Waals surface area contributed by atoms with Crippen molar-refractivity contribution in [3.63, 3.8) is 0 Å². The normalized spacial score (nSPS) is 18.4. The highest BCUT2D eigenvalue weighted by Gasteiger charge is 2.30. The molecule has 0 radical (unpaired) electrons. The summed E-state index contributed by atoms with van der Waals surface area (Å²) < 4.78 is 1.80. The number of pyridine rings is 1. The molecule has 0 N–H and O–H groups in total. The highest BCUT2D eigenvalue weighted by Crippen LogP contribution is 2.27. The molecular weight excluding hydrogens is 354 g/mol. The number of amides is 1. The maximum atomic E-state index is 13.2. The van der Waals surface area contributed by atoms with Gasteiger partial charge in [-0.3, -0.25) is 14.6 Å². The van der Waals surface area contributed by atoms with Crippen molar-refractivity contribution < 1.29 is 4.79 Å². The van der Waals surface area contributed by atoms with Crippen molar-refractivity contribution in [3.05, 3.63) is 28.8 Å². The van der Waals surface area contributed by atoms with Gasteiger partial charge in [0.05, 0.1) is 17.2 Å². The second kappa shape index (κ2) is 7.89. The minimum Gasteiger partial charge on any atom is -0.348 e. The molecule has 2 aromatic rings. The number of carbonyl (C=O) groups is 1. The van der Waals surface area contributed by atoms with Gasteiger partial charge < -0.3 is 14.4 Å². The van der Waals surface area contributed by atoms with Crippen LogP contribution in [0.5, 0.6) is 0 Å². The van der Waals surface area contributed by atoms with Gasteiger partial charge in [-0.25, -0.2) is 4.98 Å². The number of rotatable bonds is 4. The van der Waals surface area contributed by atoms with Crippen LogP contribution in [-0.2, 0) is 11.3 Å². The third-order valence-electron chi connectivity index (χ3n) is 5.87. The molecule has 3 heterocycles. The third-order valence-corrected chi connectivity index (χ3v) is 5.87. The van der Waals surface area contributed by atoms with Crippen molar-refractivity contribution in [2.24, 2.45) is 11.8 Å². The van der Waals surface area contributed by atoms with Crippen LogP contribution in [0.25, 0.3) is 11.0 Å². The molecule has 1 amide bonds. The zero-order valence-electron chi connectivity index (χ0n) is 16.8. The summed E-state index contributed by atoms with van der Waals surface area (Å²) >= 11 is 0. The number of anilines is 1. The lowest BCUT2D eigenvalue weighted by Crippen LogP contribution is -2.51. The predicted octanol–water partition coefficient (Wildman–Crippen LogP) is 2.29. The summed E-state index contributed by atoms with van der Waals surface area (Å²) in [7, 11) is 0. The molecule has 4 rings (SSSR count). The number of aromatic nitrogens is 3. The Bertz CT molecular complexity index is 909. The summed E-state index contributed by atoms with van der Waals surface area (Å²) in [6.45, 7) is 7.46. The van der Waals surface area contributed by atoms with Crippen LogP contribution in [0.15, 0.2) is 23.3 Å². The molecule has 1 aliphatic heterocycles. The lowest BCUT2D eigenvalue weighted by atomic mass is 10.1. The lowest BCUT2D eigenvalue weighted by molar-refractivity contribution is -0.135. The van der Waals surface area contributed by atoms with E-state index in [0.29, 0.717) is 50.4 Å². The molecule has 28 heavy (non-hydrogen) atoms. The molecule has 0 atom stereocenters. The predicted molar refractivity (Wildman–Crippen MR) is 109 cm³/mol. The standard InChI is InChI=1S/C21H29N5O2/c1-15(2)14-26-18-13-22-8-7-17(18)23-19(21(26)28)24-9-11-25(12-10-24)20(27)16-5-3-4-6-16/h7-8,13,15-16H,3-6,9-12,14H2,1-2H3. The topological polar surface area (TPSA) is 71.3 Å². The Balaban J connectivity index is 1.57. The highest BCUT2D eigenvalue weighted by molar-refractivity contribution is 5.79. The molecule has 0 bridgehead atoms. The molecule has 0 spiro atoms. The Kier molecular flexibility index (Phi) is 5.33. The molecule has 2 aliphatic rings.